The lowest BCUT2D eigenvalue weighted by Gasteiger charge is -2.30. The summed E-state index contributed by atoms with van der Waals surface area (Å²) in [5.74, 6) is 0.879. The minimum absolute atomic E-state index is 0.188. The molecule has 1 saturated heterocycles. The summed E-state index contributed by atoms with van der Waals surface area (Å²) >= 11 is 0. The van der Waals surface area contributed by atoms with Crippen LogP contribution in [0.15, 0.2) is 66.7 Å². The van der Waals surface area contributed by atoms with Crippen molar-refractivity contribution in [1.29, 1.82) is 5.26 Å². The van der Waals surface area contributed by atoms with E-state index in [9.17, 15) is 5.26 Å². The molecule has 6 rings (SSSR count). The van der Waals surface area contributed by atoms with Crippen molar-refractivity contribution in [3.63, 3.8) is 0 Å². The number of nitrogens with one attached hydrogen (secondary N) is 1. The highest BCUT2D eigenvalue weighted by Gasteiger charge is 2.28. The standard InChI is InChI=1S/C32H33N3O2/c1-22-5-2-3-6-24(22)21-34-25-11-9-23(10-12-25)32-30(20-33)29-14-13-28(37-27-15-17-36-18-16-27)19-31(29)35(32)26-7-4-8-26/h2-3,5-6,9-14,19,26-27,34H,4,7-8,15-18,21H2,1H3. The van der Waals surface area contributed by atoms with Gasteiger partial charge in [-0.25, -0.2) is 0 Å². The minimum Gasteiger partial charge on any atom is -0.490 e. The maximum Gasteiger partial charge on any atom is 0.121 e. The van der Waals surface area contributed by atoms with E-state index in [1.807, 2.05) is 6.07 Å². The molecule has 1 aliphatic heterocycles. The zero-order valence-electron chi connectivity index (χ0n) is 21.4. The molecule has 3 aromatic carbocycles. The lowest BCUT2D eigenvalue weighted by Crippen LogP contribution is -2.25. The molecule has 37 heavy (non-hydrogen) atoms. The van der Waals surface area contributed by atoms with Crippen molar-refractivity contribution in [2.75, 3.05) is 18.5 Å². The van der Waals surface area contributed by atoms with Crippen molar-refractivity contribution in [2.24, 2.45) is 0 Å². The van der Waals surface area contributed by atoms with Crippen molar-refractivity contribution in [3.05, 3.63) is 83.4 Å². The van der Waals surface area contributed by atoms with Gasteiger partial charge in [0.15, 0.2) is 0 Å². The van der Waals surface area contributed by atoms with Gasteiger partial charge < -0.3 is 19.4 Å². The van der Waals surface area contributed by atoms with E-state index in [-0.39, 0.29) is 6.10 Å². The normalized spacial score (nSPS) is 16.3. The molecule has 0 bridgehead atoms. The van der Waals surface area contributed by atoms with Crippen LogP contribution < -0.4 is 10.1 Å². The Balaban J connectivity index is 1.33. The third-order valence-electron chi connectivity index (χ3n) is 7.90. The van der Waals surface area contributed by atoms with Gasteiger partial charge in [0.25, 0.3) is 0 Å². The van der Waals surface area contributed by atoms with Crippen LogP contribution in [-0.2, 0) is 11.3 Å². The maximum absolute atomic E-state index is 10.3. The fraction of sp³-hybridized carbons (Fsp3) is 0.344. The summed E-state index contributed by atoms with van der Waals surface area (Å²) in [6.07, 6.45) is 5.53. The lowest BCUT2D eigenvalue weighted by molar-refractivity contribution is 0.0256. The quantitative estimate of drug-likeness (QED) is 0.293. The Morgan fingerprint density at radius 3 is 2.49 bits per heavy atom. The summed E-state index contributed by atoms with van der Waals surface area (Å²) in [4.78, 5) is 0. The third kappa shape index (κ3) is 4.70. The first-order valence-electron chi connectivity index (χ1n) is 13.4. The molecule has 2 fully saturated rings. The van der Waals surface area contributed by atoms with Gasteiger partial charge in [0.05, 0.1) is 30.0 Å². The SMILES string of the molecule is Cc1ccccc1CNc1ccc(-c2c(C#N)c3ccc(OC4CCOCC4)cc3n2C2CCC2)cc1. The summed E-state index contributed by atoms with van der Waals surface area (Å²) in [5.41, 5.74) is 7.60. The number of fused-ring (bicyclic) bond motifs is 1. The smallest absolute Gasteiger partial charge is 0.121 e. The molecule has 0 amide bonds. The molecule has 1 aliphatic carbocycles. The van der Waals surface area contributed by atoms with Gasteiger partial charge >= 0.3 is 0 Å². The van der Waals surface area contributed by atoms with Gasteiger partial charge in [-0.05, 0) is 67.1 Å². The van der Waals surface area contributed by atoms with Crippen LogP contribution in [-0.4, -0.2) is 23.9 Å². The Bertz CT molecular complexity index is 1440. The average molecular weight is 492 g/mol. The number of aromatic nitrogens is 1. The highest BCUT2D eigenvalue weighted by atomic mass is 16.5. The van der Waals surface area contributed by atoms with Crippen LogP contribution in [0.1, 0.15) is 54.8 Å². The van der Waals surface area contributed by atoms with Gasteiger partial charge in [-0.2, -0.15) is 5.26 Å². The second-order valence-electron chi connectivity index (χ2n) is 10.3. The second-order valence-corrected chi connectivity index (χ2v) is 10.3. The number of ether oxygens (including phenoxy) is 2. The van der Waals surface area contributed by atoms with Gasteiger partial charge in [0, 0.05) is 42.6 Å². The van der Waals surface area contributed by atoms with Crippen LogP contribution in [0, 0.1) is 18.3 Å². The number of hydrogen-bond donors (Lipinski definition) is 1. The van der Waals surface area contributed by atoms with E-state index >= 15 is 0 Å². The Hall–Kier alpha value is -3.75. The van der Waals surface area contributed by atoms with Gasteiger partial charge in [-0.1, -0.05) is 36.4 Å². The number of nitriles is 1. The topological polar surface area (TPSA) is 59.2 Å². The molecule has 0 atom stereocenters. The van der Waals surface area contributed by atoms with E-state index < -0.39 is 0 Å². The predicted molar refractivity (Wildman–Crippen MR) is 148 cm³/mol. The maximum atomic E-state index is 10.3. The molecular weight excluding hydrogens is 458 g/mol. The largest absolute Gasteiger partial charge is 0.490 e. The van der Waals surface area contributed by atoms with Crippen LogP contribution in [0.4, 0.5) is 5.69 Å². The molecule has 0 spiro atoms. The monoisotopic (exact) mass is 491 g/mol. The summed E-state index contributed by atoms with van der Waals surface area (Å²) in [7, 11) is 0. The number of hydrogen-bond acceptors (Lipinski definition) is 4. The Morgan fingerprint density at radius 1 is 1.00 bits per heavy atom. The van der Waals surface area contributed by atoms with Crippen molar-refractivity contribution < 1.29 is 9.47 Å². The molecule has 0 radical (unpaired) electrons. The van der Waals surface area contributed by atoms with Crippen molar-refractivity contribution in [3.8, 4) is 23.1 Å². The molecule has 2 heterocycles. The van der Waals surface area contributed by atoms with E-state index in [1.165, 1.54) is 17.5 Å². The minimum atomic E-state index is 0.188. The highest BCUT2D eigenvalue weighted by Crippen LogP contribution is 2.43. The van der Waals surface area contributed by atoms with Crippen LogP contribution in [0.2, 0.25) is 0 Å². The van der Waals surface area contributed by atoms with E-state index in [2.05, 4.69) is 83.5 Å². The molecular formula is C32H33N3O2. The first kappa shape index (κ1) is 23.6. The fourth-order valence-corrected chi connectivity index (χ4v) is 5.52. The number of aryl methyl sites for hydroxylation is 1. The van der Waals surface area contributed by atoms with Crippen LogP contribution in [0.25, 0.3) is 22.2 Å². The summed E-state index contributed by atoms with van der Waals surface area (Å²) < 4.78 is 14.2. The second kappa shape index (κ2) is 10.3. The third-order valence-corrected chi connectivity index (χ3v) is 7.90. The summed E-state index contributed by atoms with van der Waals surface area (Å²) in [5, 5.41) is 14.8. The Kier molecular flexibility index (Phi) is 6.59. The summed E-state index contributed by atoms with van der Waals surface area (Å²) in [6, 6.07) is 26.2. The Morgan fingerprint density at radius 2 is 1.78 bits per heavy atom. The van der Waals surface area contributed by atoms with Crippen LogP contribution >= 0.6 is 0 Å². The summed E-state index contributed by atoms with van der Waals surface area (Å²) in [6.45, 7) is 4.43. The molecule has 188 valence electrons. The Labute approximate surface area is 218 Å². The molecule has 4 aromatic rings. The van der Waals surface area contributed by atoms with E-state index in [1.54, 1.807) is 0 Å². The predicted octanol–water partition coefficient (Wildman–Crippen LogP) is 7.38. The first-order chi connectivity index (χ1) is 18.2. The van der Waals surface area contributed by atoms with Crippen molar-refractivity contribution in [2.45, 2.75) is 57.7 Å². The zero-order valence-corrected chi connectivity index (χ0v) is 21.4. The van der Waals surface area contributed by atoms with Crippen LogP contribution in [0.5, 0.6) is 5.75 Å². The molecule has 1 N–H and O–H groups in total. The van der Waals surface area contributed by atoms with E-state index in [0.717, 1.165) is 84.6 Å². The molecule has 2 aliphatic rings. The first-order valence-corrected chi connectivity index (χ1v) is 13.4. The molecule has 1 aromatic heterocycles. The number of rotatable bonds is 7. The van der Waals surface area contributed by atoms with Gasteiger partial charge in [0.2, 0.25) is 0 Å². The van der Waals surface area contributed by atoms with Crippen LogP contribution in [0.3, 0.4) is 0 Å². The molecule has 1 saturated carbocycles. The zero-order chi connectivity index (χ0) is 25.2. The molecule has 5 nitrogen and oxygen atoms in total. The van der Waals surface area contributed by atoms with Crippen molar-refractivity contribution in [1.82, 2.24) is 4.57 Å². The highest BCUT2D eigenvalue weighted by molar-refractivity contribution is 5.95. The average Bonchev–Trinajstić information content (AvgIpc) is 3.21. The number of anilines is 1. The molecule has 0 unspecified atom stereocenters. The van der Waals surface area contributed by atoms with Crippen molar-refractivity contribution >= 4 is 16.6 Å². The van der Waals surface area contributed by atoms with Gasteiger partial charge in [0.1, 0.15) is 17.9 Å². The van der Waals surface area contributed by atoms with E-state index in [0.29, 0.717) is 6.04 Å². The number of benzene rings is 3. The van der Waals surface area contributed by atoms with Gasteiger partial charge in [-0.3, -0.25) is 0 Å². The van der Waals surface area contributed by atoms with E-state index in [4.69, 9.17) is 9.47 Å². The fourth-order valence-electron chi connectivity index (χ4n) is 5.52. The number of nitrogens with zero attached hydrogens (tertiary/aromatic N) is 2. The van der Waals surface area contributed by atoms with Gasteiger partial charge in [-0.15, -0.1) is 0 Å². The molecule has 5 heteroatoms. The lowest BCUT2D eigenvalue weighted by atomic mass is 9.92.